The van der Waals surface area contributed by atoms with Crippen LogP contribution in [0.1, 0.15) is 35.2 Å². The summed E-state index contributed by atoms with van der Waals surface area (Å²) in [6.07, 6.45) is 2.22. The molecule has 1 aliphatic heterocycles. The number of aliphatic hydroxyl groups is 1. The number of rotatable bonds is 3. The normalized spacial score (nSPS) is 24.3. The zero-order chi connectivity index (χ0) is 12.5. The molecule has 2 aliphatic rings. The number of carbonyl (C=O) groups excluding carboxylic acids is 1. The molecule has 0 bridgehead atoms. The molecule has 98 valence electrons. The first-order valence-electron chi connectivity index (χ1n) is 6.21. The van der Waals surface area contributed by atoms with Crippen molar-refractivity contribution in [3.05, 3.63) is 11.6 Å². The number of aromatic amines is 1. The van der Waals surface area contributed by atoms with E-state index in [9.17, 15) is 9.90 Å². The highest BCUT2D eigenvalue weighted by Gasteiger charge is 2.32. The Bertz CT molecular complexity index is 443. The topological polar surface area (TPSA) is 91.3 Å². The smallest absolute Gasteiger partial charge is 0.294 e. The second-order valence-corrected chi connectivity index (χ2v) is 4.73. The number of H-pyrrole nitrogens is 1. The van der Waals surface area contributed by atoms with E-state index in [4.69, 9.17) is 4.74 Å². The van der Waals surface area contributed by atoms with Gasteiger partial charge in [-0.2, -0.15) is 0 Å². The molecule has 1 atom stereocenters. The van der Waals surface area contributed by atoms with Crippen molar-refractivity contribution in [2.45, 2.75) is 24.8 Å². The van der Waals surface area contributed by atoms with Gasteiger partial charge in [-0.3, -0.25) is 9.89 Å². The first-order chi connectivity index (χ1) is 8.79. The van der Waals surface area contributed by atoms with Crippen molar-refractivity contribution in [1.82, 2.24) is 20.1 Å². The third-order valence-electron chi connectivity index (χ3n) is 3.36. The van der Waals surface area contributed by atoms with Crippen molar-refractivity contribution in [2.75, 3.05) is 26.4 Å². The molecular weight excluding hydrogens is 236 g/mol. The van der Waals surface area contributed by atoms with Crippen LogP contribution < -0.4 is 0 Å². The Kier molecular flexibility index (Phi) is 3.00. The Labute approximate surface area is 104 Å². The predicted molar refractivity (Wildman–Crippen MR) is 61.1 cm³/mol. The average molecular weight is 252 g/mol. The van der Waals surface area contributed by atoms with Crippen LogP contribution in [-0.2, 0) is 4.74 Å². The fourth-order valence-electron chi connectivity index (χ4n) is 2.11. The van der Waals surface area contributed by atoms with Crippen LogP contribution in [0.3, 0.4) is 0 Å². The van der Waals surface area contributed by atoms with Gasteiger partial charge >= 0.3 is 0 Å². The van der Waals surface area contributed by atoms with Gasteiger partial charge < -0.3 is 14.7 Å². The number of amides is 1. The van der Waals surface area contributed by atoms with E-state index in [2.05, 4.69) is 15.2 Å². The summed E-state index contributed by atoms with van der Waals surface area (Å²) >= 11 is 0. The van der Waals surface area contributed by atoms with Crippen LogP contribution in [0.4, 0.5) is 0 Å². The Morgan fingerprint density at radius 1 is 1.56 bits per heavy atom. The SMILES string of the molecule is O=C(c1n[nH]c(C2CC2)n1)N1CCOCC1CO. The van der Waals surface area contributed by atoms with E-state index in [1.807, 2.05) is 0 Å². The van der Waals surface area contributed by atoms with Crippen molar-refractivity contribution in [2.24, 2.45) is 0 Å². The van der Waals surface area contributed by atoms with E-state index >= 15 is 0 Å². The number of nitrogens with zero attached hydrogens (tertiary/aromatic N) is 3. The van der Waals surface area contributed by atoms with Gasteiger partial charge in [0.15, 0.2) is 0 Å². The van der Waals surface area contributed by atoms with E-state index < -0.39 is 0 Å². The van der Waals surface area contributed by atoms with E-state index in [0.717, 1.165) is 18.7 Å². The number of aliphatic hydroxyl groups excluding tert-OH is 1. The van der Waals surface area contributed by atoms with Gasteiger partial charge in [-0.1, -0.05) is 0 Å². The first-order valence-corrected chi connectivity index (χ1v) is 6.21. The Balaban J connectivity index is 1.74. The van der Waals surface area contributed by atoms with Gasteiger partial charge in [0.1, 0.15) is 5.82 Å². The molecule has 1 unspecified atom stereocenters. The third-order valence-corrected chi connectivity index (χ3v) is 3.36. The van der Waals surface area contributed by atoms with Crippen LogP contribution in [0.2, 0.25) is 0 Å². The van der Waals surface area contributed by atoms with Crippen molar-refractivity contribution < 1.29 is 14.6 Å². The number of morpholine rings is 1. The molecule has 1 amide bonds. The molecule has 3 rings (SSSR count). The summed E-state index contributed by atoms with van der Waals surface area (Å²) in [6, 6.07) is -0.297. The van der Waals surface area contributed by atoms with Gasteiger partial charge in [0.25, 0.3) is 5.91 Å². The average Bonchev–Trinajstić information content (AvgIpc) is 3.16. The van der Waals surface area contributed by atoms with Crippen LogP contribution in [0, 0.1) is 0 Å². The molecule has 18 heavy (non-hydrogen) atoms. The number of hydrogen-bond acceptors (Lipinski definition) is 5. The molecule has 1 aromatic heterocycles. The predicted octanol–water partition coefficient (Wildman–Crippen LogP) is -0.485. The molecule has 0 radical (unpaired) electrons. The second-order valence-electron chi connectivity index (χ2n) is 4.73. The molecule has 1 saturated heterocycles. The molecule has 1 saturated carbocycles. The van der Waals surface area contributed by atoms with E-state index in [-0.39, 0.29) is 24.4 Å². The maximum absolute atomic E-state index is 12.2. The maximum atomic E-state index is 12.2. The molecule has 2 heterocycles. The van der Waals surface area contributed by atoms with Crippen LogP contribution >= 0.6 is 0 Å². The summed E-state index contributed by atoms with van der Waals surface area (Å²) in [4.78, 5) is 18.1. The zero-order valence-corrected chi connectivity index (χ0v) is 10.0. The number of carbonyl (C=O) groups is 1. The van der Waals surface area contributed by atoms with Crippen molar-refractivity contribution >= 4 is 5.91 Å². The molecule has 1 aromatic rings. The lowest BCUT2D eigenvalue weighted by molar-refractivity contribution is -0.0189. The minimum Gasteiger partial charge on any atom is -0.394 e. The van der Waals surface area contributed by atoms with Crippen molar-refractivity contribution in [3.8, 4) is 0 Å². The summed E-state index contributed by atoms with van der Waals surface area (Å²) in [5.41, 5.74) is 0. The summed E-state index contributed by atoms with van der Waals surface area (Å²) < 4.78 is 5.24. The molecular formula is C11H16N4O3. The van der Waals surface area contributed by atoms with E-state index in [1.54, 1.807) is 4.90 Å². The van der Waals surface area contributed by atoms with Gasteiger partial charge in [0.2, 0.25) is 5.82 Å². The Hall–Kier alpha value is -1.47. The standard InChI is InChI=1S/C11H16N4O3/c16-5-8-6-18-4-3-15(8)11(17)10-12-9(13-14-10)7-1-2-7/h7-8,16H,1-6H2,(H,12,13,14). The maximum Gasteiger partial charge on any atom is 0.294 e. The third kappa shape index (κ3) is 2.11. The van der Waals surface area contributed by atoms with Gasteiger partial charge in [-0.15, -0.1) is 5.10 Å². The minimum atomic E-state index is -0.297. The summed E-state index contributed by atoms with van der Waals surface area (Å²) in [7, 11) is 0. The Morgan fingerprint density at radius 2 is 2.39 bits per heavy atom. The monoisotopic (exact) mass is 252 g/mol. The van der Waals surface area contributed by atoms with Crippen LogP contribution in [0.25, 0.3) is 0 Å². The van der Waals surface area contributed by atoms with Gasteiger partial charge in [0, 0.05) is 12.5 Å². The second kappa shape index (κ2) is 4.66. The van der Waals surface area contributed by atoms with Crippen LogP contribution in [0.15, 0.2) is 0 Å². The van der Waals surface area contributed by atoms with E-state index in [1.165, 1.54) is 0 Å². The molecule has 0 spiro atoms. The van der Waals surface area contributed by atoms with Crippen molar-refractivity contribution in [3.63, 3.8) is 0 Å². The number of aromatic nitrogens is 3. The highest BCUT2D eigenvalue weighted by Crippen LogP contribution is 2.37. The zero-order valence-electron chi connectivity index (χ0n) is 10.0. The molecule has 2 N–H and O–H groups in total. The lowest BCUT2D eigenvalue weighted by Gasteiger charge is -2.33. The quantitative estimate of drug-likeness (QED) is 0.758. The van der Waals surface area contributed by atoms with Gasteiger partial charge in [-0.25, -0.2) is 4.98 Å². The highest BCUT2D eigenvalue weighted by atomic mass is 16.5. The van der Waals surface area contributed by atoms with Gasteiger partial charge in [0.05, 0.1) is 25.9 Å². The largest absolute Gasteiger partial charge is 0.394 e. The fraction of sp³-hybridized carbons (Fsp3) is 0.727. The molecule has 7 nitrogen and oxygen atoms in total. The number of ether oxygens (including phenoxy) is 1. The molecule has 7 heteroatoms. The first kappa shape index (κ1) is 11.6. The van der Waals surface area contributed by atoms with Crippen LogP contribution in [-0.4, -0.2) is 63.5 Å². The molecule has 2 fully saturated rings. The van der Waals surface area contributed by atoms with E-state index in [0.29, 0.717) is 25.7 Å². The summed E-state index contributed by atoms with van der Waals surface area (Å²) in [6.45, 7) is 1.22. The Morgan fingerprint density at radius 3 is 3.11 bits per heavy atom. The summed E-state index contributed by atoms with van der Waals surface area (Å²) in [5.74, 6) is 1.20. The minimum absolute atomic E-state index is 0.106. The lowest BCUT2D eigenvalue weighted by atomic mass is 10.2. The van der Waals surface area contributed by atoms with Crippen LogP contribution in [0.5, 0.6) is 0 Å². The fourth-order valence-corrected chi connectivity index (χ4v) is 2.11. The lowest BCUT2D eigenvalue weighted by Crippen LogP contribution is -2.50. The van der Waals surface area contributed by atoms with Gasteiger partial charge in [-0.05, 0) is 12.8 Å². The molecule has 0 aromatic carbocycles. The molecule has 1 aliphatic carbocycles. The number of hydrogen-bond donors (Lipinski definition) is 2. The number of nitrogens with one attached hydrogen (secondary N) is 1. The summed E-state index contributed by atoms with van der Waals surface area (Å²) in [5, 5.41) is 16.0. The van der Waals surface area contributed by atoms with Crippen molar-refractivity contribution in [1.29, 1.82) is 0 Å². The highest BCUT2D eigenvalue weighted by molar-refractivity contribution is 5.90.